The van der Waals surface area contributed by atoms with Gasteiger partial charge in [0.15, 0.2) is 0 Å². The second-order valence-corrected chi connectivity index (χ2v) is 4.40. The normalized spacial score (nSPS) is 15.1. The second-order valence-electron chi connectivity index (χ2n) is 4.40. The van der Waals surface area contributed by atoms with Crippen LogP contribution in [0.1, 0.15) is 19.4 Å². The maximum atomic E-state index is 11.8. The van der Waals surface area contributed by atoms with Crippen LogP contribution in [-0.4, -0.2) is 22.5 Å². The average molecular weight is 219 g/mol. The molecule has 0 atom stereocenters. The summed E-state index contributed by atoms with van der Waals surface area (Å²) in [6.07, 6.45) is 0.285. The molecule has 0 fully saturated rings. The Morgan fingerprint density at radius 3 is 2.62 bits per heavy atom. The number of nitrogens with zero attached hydrogens (tertiary/aromatic N) is 1. The number of carboxylic acids is 1. The van der Waals surface area contributed by atoms with Gasteiger partial charge in [-0.25, -0.2) is 4.79 Å². The Morgan fingerprint density at radius 1 is 1.38 bits per heavy atom. The highest BCUT2D eigenvalue weighted by Gasteiger charge is 2.42. The van der Waals surface area contributed by atoms with Gasteiger partial charge in [0.05, 0.1) is 6.42 Å². The first-order chi connectivity index (χ1) is 7.44. The molecular formula is C12H13NO3. The third-order valence-electron chi connectivity index (χ3n) is 2.91. The Kier molecular flexibility index (Phi) is 2.22. The Hall–Kier alpha value is -1.84. The molecule has 0 saturated carbocycles. The summed E-state index contributed by atoms with van der Waals surface area (Å²) in [6.45, 7) is 3.07. The second kappa shape index (κ2) is 3.33. The molecule has 0 saturated heterocycles. The van der Waals surface area contributed by atoms with Crippen molar-refractivity contribution in [3.05, 3.63) is 29.8 Å². The van der Waals surface area contributed by atoms with Crippen molar-refractivity contribution in [2.24, 2.45) is 0 Å². The largest absolute Gasteiger partial charge is 0.480 e. The van der Waals surface area contributed by atoms with Gasteiger partial charge in [-0.1, -0.05) is 18.2 Å². The number of hydrogen-bond acceptors (Lipinski definition) is 2. The summed E-state index contributed by atoms with van der Waals surface area (Å²) in [4.78, 5) is 24.4. The number of anilines is 1. The number of amides is 1. The van der Waals surface area contributed by atoms with Crippen LogP contribution in [0.2, 0.25) is 0 Å². The maximum absolute atomic E-state index is 11.8. The molecule has 1 heterocycles. The predicted octanol–water partition coefficient (Wildman–Crippen LogP) is 1.44. The molecule has 0 aromatic heterocycles. The highest BCUT2D eigenvalue weighted by molar-refractivity contribution is 6.06. The molecule has 16 heavy (non-hydrogen) atoms. The molecule has 2 rings (SSSR count). The zero-order chi connectivity index (χ0) is 11.9. The smallest absolute Gasteiger partial charge is 0.329 e. The van der Waals surface area contributed by atoms with Crippen molar-refractivity contribution < 1.29 is 14.7 Å². The maximum Gasteiger partial charge on any atom is 0.329 e. The summed E-state index contributed by atoms with van der Waals surface area (Å²) >= 11 is 0. The van der Waals surface area contributed by atoms with E-state index >= 15 is 0 Å². The van der Waals surface area contributed by atoms with E-state index in [1.807, 2.05) is 18.2 Å². The molecule has 0 spiro atoms. The van der Waals surface area contributed by atoms with Crippen LogP contribution in [0.4, 0.5) is 5.69 Å². The molecule has 0 radical (unpaired) electrons. The Balaban J connectivity index is 2.51. The van der Waals surface area contributed by atoms with E-state index in [0.717, 1.165) is 5.56 Å². The van der Waals surface area contributed by atoms with Crippen molar-refractivity contribution in [1.82, 2.24) is 0 Å². The van der Waals surface area contributed by atoms with Gasteiger partial charge in [0.25, 0.3) is 0 Å². The van der Waals surface area contributed by atoms with E-state index in [-0.39, 0.29) is 12.3 Å². The SMILES string of the molecule is CC(C)(C(=O)O)N1C(=O)Cc2ccccc21. The van der Waals surface area contributed by atoms with Gasteiger partial charge in [0, 0.05) is 5.69 Å². The minimum Gasteiger partial charge on any atom is -0.480 e. The molecule has 1 aliphatic heterocycles. The summed E-state index contributed by atoms with van der Waals surface area (Å²) < 4.78 is 0. The molecule has 1 N–H and O–H groups in total. The fourth-order valence-electron chi connectivity index (χ4n) is 1.96. The molecule has 4 heteroatoms. The molecule has 0 aliphatic carbocycles. The number of carboxylic acid groups (broad SMARTS) is 1. The summed E-state index contributed by atoms with van der Waals surface area (Å²) in [7, 11) is 0. The summed E-state index contributed by atoms with van der Waals surface area (Å²) in [5.41, 5.74) is 0.394. The van der Waals surface area contributed by atoms with Crippen LogP contribution in [0.3, 0.4) is 0 Å². The van der Waals surface area contributed by atoms with Crippen LogP contribution in [0.15, 0.2) is 24.3 Å². The Morgan fingerprint density at radius 2 is 2.00 bits per heavy atom. The zero-order valence-corrected chi connectivity index (χ0v) is 9.23. The van der Waals surface area contributed by atoms with Gasteiger partial charge in [-0.3, -0.25) is 9.69 Å². The molecular weight excluding hydrogens is 206 g/mol. The lowest BCUT2D eigenvalue weighted by atomic mass is 10.0. The topological polar surface area (TPSA) is 57.6 Å². The van der Waals surface area contributed by atoms with Crippen LogP contribution in [0.25, 0.3) is 0 Å². The molecule has 1 aromatic carbocycles. The van der Waals surface area contributed by atoms with Gasteiger partial charge in [0.1, 0.15) is 5.54 Å². The first-order valence-corrected chi connectivity index (χ1v) is 5.09. The average Bonchev–Trinajstić information content (AvgIpc) is 2.53. The zero-order valence-electron chi connectivity index (χ0n) is 9.23. The van der Waals surface area contributed by atoms with Gasteiger partial charge in [-0.05, 0) is 25.5 Å². The number of aliphatic carboxylic acids is 1. The third kappa shape index (κ3) is 1.38. The van der Waals surface area contributed by atoms with E-state index in [2.05, 4.69) is 0 Å². The van der Waals surface area contributed by atoms with Crippen molar-refractivity contribution in [2.45, 2.75) is 25.8 Å². The highest BCUT2D eigenvalue weighted by Crippen LogP contribution is 2.34. The molecule has 1 amide bonds. The molecule has 84 valence electrons. The highest BCUT2D eigenvalue weighted by atomic mass is 16.4. The van der Waals surface area contributed by atoms with Crippen LogP contribution >= 0.6 is 0 Å². The quantitative estimate of drug-likeness (QED) is 0.818. The van der Waals surface area contributed by atoms with E-state index in [9.17, 15) is 9.59 Å². The first-order valence-electron chi connectivity index (χ1n) is 5.09. The summed E-state index contributed by atoms with van der Waals surface area (Å²) in [5.74, 6) is -1.16. The standard InChI is InChI=1S/C12H13NO3/c1-12(2,11(15)16)13-9-6-4-3-5-8(9)7-10(13)14/h3-6H,7H2,1-2H3,(H,15,16). The van der Waals surface area contributed by atoms with Gasteiger partial charge >= 0.3 is 5.97 Å². The van der Waals surface area contributed by atoms with Crippen molar-refractivity contribution in [1.29, 1.82) is 0 Å². The van der Waals surface area contributed by atoms with E-state index in [1.54, 1.807) is 6.07 Å². The number of carbonyl (C=O) groups is 2. The minimum atomic E-state index is -1.20. The van der Waals surface area contributed by atoms with Crippen molar-refractivity contribution in [2.75, 3.05) is 4.90 Å². The van der Waals surface area contributed by atoms with Crippen molar-refractivity contribution >= 4 is 17.6 Å². The lowest BCUT2D eigenvalue weighted by Crippen LogP contribution is -2.51. The van der Waals surface area contributed by atoms with Gasteiger partial charge < -0.3 is 5.11 Å². The number of hydrogen-bond donors (Lipinski definition) is 1. The monoisotopic (exact) mass is 219 g/mol. The van der Waals surface area contributed by atoms with Gasteiger partial charge in [-0.2, -0.15) is 0 Å². The molecule has 4 nitrogen and oxygen atoms in total. The lowest BCUT2D eigenvalue weighted by molar-refractivity contribution is -0.143. The molecule has 1 aromatic rings. The van der Waals surface area contributed by atoms with E-state index in [4.69, 9.17) is 5.11 Å². The Labute approximate surface area is 93.5 Å². The fourth-order valence-corrected chi connectivity index (χ4v) is 1.96. The van der Waals surface area contributed by atoms with Crippen LogP contribution in [0, 0.1) is 0 Å². The van der Waals surface area contributed by atoms with E-state index < -0.39 is 11.5 Å². The molecule has 0 bridgehead atoms. The number of benzene rings is 1. The van der Waals surface area contributed by atoms with Crippen LogP contribution in [0.5, 0.6) is 0 Å². The van der Waals surface area contributed by atoms with Gasteiger partial charge in [-0.15, -0.1) is 0 Å². The number of fused-ring (bicyclic) bond motifs is 1. The summed E-state index contributed by atoms with van der Waals surface area (Å²) in [6, 6.07) is 7.29. The van der Waals surface area contributed by atoms with E-state index in [0.29, 0.717) is 5.69 Å². The van der Waals surface area contributed by atoms with E-state index in [1.165, 1.54) is 18.7 Å². The third-order valence-corrected chi connectivity index (χ3v) is 2.91. The van der Waals surface area contributed by atoms with Crippen LogP contribution in [-0.2, 0) is 16.0 Å². The minimum absolute atomic E-state index is 0.159. The first kappa shape index (κ1) is 10.7. The number of rotatable bonds is 2. The molecule has 1 aliphatic rings. The van der Waals surface area contributed by atoms with Crippen molar-refractivity contribution in [3.63, 3.8) is 0 Å². The number of carbonyl (C=O) groups excluding carboxylic acids is 1. The predicted molar refractivity (Wildman–Crippen MR) is 59.3 cm³/mol. The van der Waals surface area contributed by atoms with Crippen molar-refractivity contribution in [3.8, 4) is 0 Å². The van der Waals surface area contributed by atoms with Gasteiger partial charge in [0.2, 0.25) is 5.91 Å². The lowest BCUT2D eigenvalue weighted by Gasteiger charge is -2.31. The van der Waals surface area contributed by atoms with Crippen LogP contribution < -0.4 is 4.90 Å². The molecule has 0 unspecified atom stereocenters. The number of para-hydroxylation sites is 1. The Bertz CT molecular complexity index is 465. The fraction of sp³-hybridized carbons (Fsp3) is 0.333. The summed E-state index contributed by atoms with van der Waals surface area (Å²) in [5, 5.41) is 9.15.